The van der Waals surface area contributed by atoms with Crippen molar-refractivity contribution >= 4 is 46.7 Å². The van der Waals surface area contributed by atoms with Crippen molar-refractivity contribution in [2.45, 2.75) is 12.8 Å². The molecule has 0 spiro atoms. The smallest absolute Gasteiger partial charge is 0.321 e. The number of benzene rings is 2. The van der Waals surface area contributed by atoms with Crippen LogP contribution in [0.25, 0.3) is 0 Å². The molecule has 2 N–H and O–H groups in total. The van der Waals surface area contributed by atoms with Gasteiger partial charge < -0.3 is 20.4 Å². The summed E-state index contributed by atoms with van der Waals surface area (Å²) < 4.78 is 13.1. The van der Waals surface area contributed by atoms with Gasteiger partial charge >= 0.3 is 6.03 Å². The van der Waals surface area contributed by atoms with Gasteiger partial charge in [0.1, 0.15) is 5.82 Å². The summed E-state index contributed by atoms with van der Waals surface area (Å²) in [6.45, 7) is 2.00. The number of hydrogen-bond donors (Lipinski definition) is 2. The van der Waals surface area contributed by atoms with Crippen molar-refractivity contribution in [3.63, 3.8) is 0 Å². The van der Waals surface area contributed by atoms with E-state index in [1.807, 2.05) is 0 Å². The second-order valence-corrected chi connectivity index (χ2v) is 8.13. The number of hydrogen-bond acceptors (Lipinski definition) is 3. The minimum Gasteiger partial charge on any atom is -0.351 e. The molecule has 0 bridgehead atoms. The first-order valence-electron chi connectivity index (χ1n) is 10.2. The van der Waals surface area contributed by atoms with Crippen molar-refractivity contribution in [3.8, 4) is 0 Å². The third-order valence-electron chi connectivity index (χ3n) is 5.03. The Labute approximate surface area is 195 Å². The van der Waals surface area contributed by atoms with Gasteiger partial charge in [-0.3, -0.25) is 9.59 Å². The zero-order chi connectivity index (χ0) is 23.1. The van der Waals surface area contributed by atoms with Gasteiger partial charge in [0.25, 0.3) is 5.91 Å². The lowest BCUT2D eigenvalue weighted by molar-refractivity contribution is -0.130. The van der Waals surface area contributed by atoms with Crippen molar-refractivity contribution in [2.24, 2.45) is 0 Å². The number of carbonyl (C=O) groups excluding carboxylic acids is 3. The van der Waals surface area contributed by atoms with Crippen LogP contribution in [0.4, 0.5) is 14.9 Å². The highest BCUT2D eigenvalue weighted by atomic mass is 35.5. The van der Waals surface area contributed by atoms with E-state index < -0.39 is 11.7 Å². The lowest BCUT2D eigenvalue weighted by atomic mass is 10.2. The first-order valence-corrected chi connectivity index (χ1v) is 10.9. The number of amides is 4. The summed E-state index contributed by atoms with van der Waals surface area (Å²) >= 11 is 11.7. The maximum absolute atomic E-state index is 13.1. The van der Waals surface area contributed by atoms with Crippen LogP contribution >= 0.6 is 23.2 Å². The fourth-order valence-electron chi connectivity index (χ4n) is 3.32. The number of nitrogens with zero attached hydrogens (tertiary/aromatic N) is 2. The lowest BCUT2D eigenvalue weighted by Crippen LogP contribution is -2.40. The van der Waals surface area contributed by atoms with Gasteiger partial charge in [0.15, 0.2) is 0 Å². The largest absolute Gasteiger partial charge is 0.351 e. The van der Waals surface area contributed by atoms with Crippen molar-refractivity contribution in [2.75, 3.05) is 38.0 Å². The Kier molecular flexibility index (Phi) is 8.30. The van der Waals surface area contributed by atoms with Crippen LogP contribution in [0.15, 0.2) is 42.5 Å². The summed E-state index contributed by atoms with van der Waals surface area (Å²) in [6, 6.07) is 10.1. The summed E-state index contributed by atoms with van der Waals surface area (Å²) in [5.74, 6) is -1.11. The third kappa shape index (κ3) is 6.58. The number of halogens is 3. The van der Waals surface area contributed by atoms with E-state index >= 15 is 0 Å². The van der Waals surface area contributed by atoms with Crippen LogP contribution in [0.5, 0.6) is 0 Å². The molecule has 2 aromatic carbocycles. The van der Waals surface area contributed by atoms with Gasteiger partial charge in [-0.25, -0.2) is 9.18 Å². The fourth-order valence-corrected chi connectivity index (χ4v) is 3.69. The topological polar surface area (TPSA) is 81.8 Å². The number of carbonyl (C=O) groups is 3. The molecule has 32 heavy (non-hydrogen) atoms. The Hall–Kier alpha value is -2.84. The molecule has 1 heterocycles. The van der Waals surface area contributed by atoms with Crippen LogP contribution in [0.1, 0.15) is 23.2 Å². The quantitative estimate of drug-likeness (QED) is 0.677. The molecular formula is C22H23Cl2FN4O3. The molecule has 1 fully saturated rings. The third-order valence-corrected chi connectivity index (χ3v) is 5.60. The fraction of sp³-hybridized carbons (Fsp3) is 0.318. The van der Waals surface area contributed by atoms with E-state index in [0.717, 1.165) is 12.1 Å². The molecule has 4 amide bonds. The molecule has 0 aromatic heterocycles. The maximum Gasteiger partial charge on any atom is 0.321 e. The first kappa shape index (κ1) is 23.8. The molecule has 1 aliphatic heterocycles. The van der Waals surface area contributed by atoms with E-state index in [9.17, 15) is 18.8 Å². The van der Waals surface area contributed by atoms with E-state index in [1.54, 1.807) is 34.1 Å². The highest BCUT2D eigenvalue weighted by molar-refractivity contribution is 6.33. The Morgan fingerprint density at radius 1 is 0.938 bits per heavy atom. The number of rotatable bonds is 5. The molecule has 0 atom stereocenters. The summed E-state index contributed by atoms with van der Waals surface area (Å²) in [5, 5.41) is 6.05. The van der Waals surface area contributed by atoms with E-state index in [-0.39, 0.29) is 35.5 Å². The molecule has 0 radical (unpaired) electrons. The van der Waals surface area contributed by atoms with E-state index in [0.29, 0.717) is 43.3 Å². The molecule has 0 saturated carbocycles. The van der Waals surface area contributed by atoms with Crippen molar-refractivity contribution in [1.29, 1.82) is 0 Å². The van der Waals surface area contributed by atoms with Crippen LogP contribution in [0.3, 0.4) is 0 Å². The Morgan fingerprint density at radius 3 is 2.34 bits per heavy atom. The minimum absolute atomic E-state index is 0.0123. The van der Waals surface area contributed by atoms with Gasteiger partial charge in [0, 0.05) is 49.9 Å². The number of urea groups is 1. The molecular weight excluding hydrogens is 458 g/mol. The van der Waals surface area contributed by atoms with Crippen LogP contribution in [0, 0.1) is 5.82 Å². The van der Waals surface area contributed by atoms with E-state index in [4.69, 9.17) is 23.2 Å². The van der Waals surface area contributed by atoms with Crippen LogP contribution < -0.4 is 10.6 Å². The van der Waals surface area contributed by atoms with E-state index in [1.165, 1.54) is 6.07 Å². The zero-order valence-electron chi connectivity index (χ0n) is 17.2. The number of nitrogens with one attached hydrogen (secondary N) is 2. The Bertz CT molecular complexity index is 988. The molecule has 1 aliphatic rings. The van der Waals surface area contributed by atoms with Crippen molar-refractivity contribution < 1.29 is 18.8 Å². The molecule has 10 heteroatoms. The highest BCUT2D eigenvalue weighted by Gasteiger charge is 2.22. The standard InChI is InChI=1S/C22H23Cl2FN4O3/c23-15-2-5-17(6-3-15)27-22(32)29-11-1-10-28(12-13-29)20(30)8-9-26-21(31)18-7-4-16(25)14-19(18)24/h2-7,14H,1,8-13H2,(H,26,31)(H,27,32). The second kappa shape index (κ2) is 11.2. The van der Waals surface area contributed by atoms with E-state index in [2.05, 4.69) is 10.6 Å². The summed E-state index contributed by atoms with van der Waals surface area (Å²) in [4.78, 5) is 40.6. The predicted octanol–water partition coefficient (Wildman–Crippen LogP) is 4.02. The maximum atomic E-state index is 13.1. The average molecular weight is 481 g/mol. The predicted molar refractivity (Wildman–Crippen MR) is 122 cm³/mol. The molecule has 2 aromatic rings. The van der Waals surface area contributed by atoms with Crippen LogP contribution in [0.2, 0.25) is 10.0 Å². The molecule has 3 rings (SSSR count). The molecule has 1 saturated heterocycles. The lowest BCUT2D eigenvalue weighted by Gasteiger charge is -2.22. The first-order chi connectivity index (χ1) is 15.3. The van der Waals surface area contributed by atoms with Gasteiger partial charge in [-0.2, -0.15) is 0 Å². The van der Waals surface area contributed by atoms with Gasteiger partial charge in [0.05, 0.1) is 10.6 Å². The molecule has 7 nitrogen and oxygen atoms in total. The molecule has 0 aliphatic carbocycles. The summed E-state index contributed by atoms with van der Waals surface area (Å²) in [7, 11) is 0. The zero-order valence-corrected chi connectivity index (χ0v) is 18.8. The van der Waals surface area contributed by atoms with Crippen LogP contribution in [-0.4, -0.2) is 60.4 Å². The number of anilines is 1. The summed E-state index contributed by atoms with van der Waals surface area (Å²) in [5.41, 5.74) is 0.797. The minimum atomic E-state index is -0.529. The van der Waals surface area contributed by atoms with Crippen molar-refractivity contribution in [3.05, 3.63) is 63.9 Å². The van der Waals surface area contributed by atoms with Crippen molar-refractivity contribution in [1.82, 2.24) is 15.1 Å². The Morgan fingerprint density at radius 2 is 1.62 bits per heavy atom. The second-order valence-electron chi connectivity index (χ2n) is 7.29. The molecule has 170 valence electrons. The average Bonchev–Trinajstić information content (AvgIpc) is 3.01. The highest BCUT2D eigenvalue weighted by Crippen LogP contribution is 2.17. The van der Waals surface area contributed by atoms with Gasteiger partial charge in [-0.15, -0.1) is 0 Å². The Balaban J connectivity index is 1.44. The van der Waals surface area contributed by atoms with Crippen LogP contribution in [-0.2, 0) is 4.79 Å². The van der Waals surface area contributed by atoms with Gasteiger partial charge in [0.2, 0.25) is 5.91 Å². The van der Waals surface area contributed by atoms with Gasteiger partial charge in [-0.1, -0.05) is 23.2 Å². The SMILES string of the molecule is O=C(NCCC(=O)N1CCCN(C(=O)Nc2ccc(Cl)cc2)CC1)c1ccc(F)cc1Cl. The monoisotopic (exact) mass is 480 g/mol. The normalized spacial score (nSPS) is 14.0. The molecule has 0 unspecified atom stereocenters. The van der Waals surface area contributed by atoms with Gasteiger partial charge in [-0.05, 0) is 48.9 Å². The summed E-state index contributed by atoms with van der Waals surface area (Å²) in [6.07, 6.45) is 0.763.